The van der Waals surface area contributed by atoms with E-state index in [2.05, 4.69) is 5.32 Å². The molecule has 0 heterocycles. The molecular formula is C13H19F3N2. The lowest BCUT2D eigenvalue weighted by Crippen LogP contribution is -2.32. The quantitative estimate of drug-likeness (QED) is 0.793. The fourth-order valence-corrected chi connectivity index (χ4v) is 1.55. The van der Waals surface area contributed by atoms with Crippen LogP contribution in [0.2, 0.25) is 0 Å². The van der Waals surface area contributed by atoms with Crippen LogP contribution in [-0.2, 0) is 6.18 Å². The number of alkyl halides is 3. The first-order valence-electron chi connectivity index (χ1n) is 5.88. The maximum absolute atomic E-state index is 12.3. The highest BCUT2D eigenvalue weighted by Gasteiger charge is 2.29. The standard InChI is InChI=1S/C13H19F3N2/c1-12(2,17)8-3-9-18-11-6-4-10(5-7-11)13(14,15)16/h4-7,18H,3,8-9,17H2,1-2H3. The van der Waals surface area contributed by atoms with Crippen molar-refractivity contribution in [3.8, 4) is 0 Å². The highest BCUT2D eigenvalue weighted by Crippen LogP contribution is 2.29. The zero-order valence-corrected chi connectivity index (χ0v) is 10.6. The third-order valence-electron chi connectivity index (χ3n) is 2.54. The first-order chi connectivity index (χ1) is 8.18. The van der Waals surface area contributed by atoms with Crippen LogP contribution in [0.3, 0.4) is 0 Å². The molecule has 0 aliphatic heterocycles. The summed E-state index contributed by atoms with van der Waals surface area (Å²) in [5.41, 5.74) is 5.69. The molecule has 0 aliphatic rings. The molecule has 0 aliphatic carbocycles. The van der Waals surface area contributed by atoms with Gasteiger partial charge in [-0.3, -0.25) is 0 Å². The SMILES string of the molecule is CC(C)(N)CCCNc1ccc(C(F)(F)F)cc1. The number of rotatable bonds is 5. The van der Waals surface area contributed by atoms with Gasteiger partial charge in [-0.15, -0.1) is 0 Å². The third kappa shape index (κ3) is 5.40. The molecule has 0 radical (unpaired) electrons. The molecule has 0 saturated carbocycles. The second-order valence-corrected chi connectivity index (χ2v) is 5.09. The first kappa shape index (κ1) is 14.8. The summed E-state index contributed by atoms with van der Waals surface area (Å²) in [6.07, 6.45) is -2.53. The van der Waals surface area contributed by atoms with Crippen molar-refractivity contribution in [3.63, 3.8) is 0 Å². The van der Waals surface area contributed by atoms with Crippen molar-refractivity contribution in [2.24, 2.45) is 5.73 Å². The van der Waals surface area contributed by atoms with Crippen molar-refractivity contribution in [1.29, 1.82) is 0 Å². The Kier molecular flexibility index (Phi) is 4.62. The molecule has 18 heavy (non-hydrogen) atoms. The van der Waals surface area contributed by atoms with Crippen LogP contribution in [0.5, 0.6) is 0 Å². The van der Waals surface area contributed by atoms with Crippen molar-refractivity contribution in [1.82, 2.24) is 0 Å². The molecule has 3 N–H and O–H groups in total. The Morgan fingerprint density at radius 3 is 2.11 bits per heavy atom. The number of nitrogens with one attached hydrogen (secondary N) is 1. The van der Waals surface area contributed by atoms with Crippen LogP contribution in [0.4, 0.5) is 18.9 Å². The van der Waals surface area contributed by atoms with E-state index in [4.69, 9.17) is 5.73 Å². The molecule has 102 valence electrons. The van der Waals surface area contributed by atoms with E-state index in [0.29, 0.717) is 12.2 Å². The van der Waals surface area contributed by atoms with E-state index >= 15 is 0 Å². The summed E-state index contributed by atoms with van der Waals surface area (Å²) in [6.45, 7) is 4.60. The molecule has 5 heteroatoms. The van der Waals surface area contributed by atoms with E-state index in [-0.39, 0.29) is 5.54 Å². The summed E-state index contributed by atoms with van der Waals surface area (Å²) in [7, 11) is 0. The largest absolute Gasteiger partial charge is 0.416 e. The maximum atomic E-state index is 12.3. The Balaban J connectivity index is 2.41. The van der Waals surface area contributed by atoms with Crippen LogP contribution in [0.25, 0.3) is 0 Å². The predicted octanol–water partition coefficient (Wildman–Crippen LogP) is 3.63. The molecule has 0 unspecified atom stereocenters. The number of hydrogen-bond acceptors (Lipinski definition) is 2. The van der Waals surface area contributed by atoms with Gasteiger partial charge < -0.3 is 11.1 Å². The van der Waals surface area contributed by atoms with Gasteiger partial charge in [0, 0.05) is 17.8 Å². The van der Waals surface area contributed by atoms with Crippen molar-refractivity contribution in [2.75, 3.05) is 11.9 Å². The van der Waals surface area contributed by atoms with Gasteiger partial charge in [-0.25, -0.2) is 0 Å². The second-order valence-electron chi connectivity index (χ2n) is 5.09. The summed E-state index contributed by atoms with van der Waals surface area (Å²) < 4.78 is 37.0. The molecule has 2 nitrogen and oxygen atoms in total. The number of nitrogens with two attached hydrogens (primary N) is 1. The molecule has 0 amide bonds. The average Bonchev–Trinajstić information content (AvgIpc) is 2.22. The Morgan fingerprint density at radius 2 is 1.67 bits per heavy atom. The van der Waals surface area contributed by atoms with Crippen LogP contribution in [0.15, 0.2) is 24.3 Å². The van der Waals surface area contributed by atoms with Crippen LogP contribution >= 0.6 is 0 Å². The lowest BCUT2D eigenvalue weighted by molar-refractivity contribution is -0.137. The minimum atomic E-state index is -4.28. The van der Waals surface area contributed by atoms with E-state index in [1.807, 2.05) is 13.8 Å². The molecule has 0 spiro atoms. The lowest BCUT2D eigenvalue weighted by Gasteiger charge is -2.18. The van der Waals surface area contributed by atoms with Crippen molar-refractivity contribution in [2.45, 2.75) is 38.4 Å². The smallest absolute Gasteiger partial charge is 0.385 e. The van der Waals surface area contributed by atoms with Gasteiger partial charge in [-0.05, 0) is 51.0 Å². The predicted molar refractivity (Wildman–Crippen MR) is 67.4 cm³/mol. The fraction of sp³-hybridized carbons (Fsp3) is 0.538. The van der Waals surface area contributed by atoms with Crippen LogP contribution < -0.4 is 11.1 Å². The molecule has 1 aromatic carbocycles. The molecule has 1 rings (SSSR count). The normalized spacial score (nSPS) is 12.6. The topological polar surface area (TPSA) is 38.0 Å². The van der Waals surface area contributed by atoms with Gasteiger partial charge in [0.1, 0.15) is 0 Å². The number of benzene rings is 1. The highest BCUT2D eigenvalue weighted by atomic mass is 19.4. The van der Waals surface area contributed by atoms with Crippen molar-refractivity contribution < 1.29 is 13.2 Å². The molecule has 0 atom stereocenters. The minimum absolute atomic E-state index is 0.207. The number of hydrogen-bond donors (Lipinski definition) is 2. The van der Waals surface area contributed by atoms with E-state index in [9.17, 15) is 13.2 Å². The van der Waals surface area contributed by atoms with Gasteiger partial charge in [-0.1, -0.05) is 0 Å². The summed E-state index contributed by atoms with van der Waals surface area (Å²) >= 11 is 0. The Morgan fingerprint density at radius 1 is 1.11 bits per heavy atom. The van der Waals surface area contributed by atoms with E-state index in [1.165, 1.54) is 12.1 Å². The van der Waals surface area contributed by atoms with Gasteiger partial charge in [0.05, 0.1) is 5.56 Å². The van der Waals surface area contributed by atoms with E-state index in [1.54, 1.807) is 0 Å². The van der Waals surface area contributed by atoms with Crippen molar-refractivity contribution in [3.05, 3.63) is 29.8 Å². The average molecular weight is 260 g/mol. The van der Waals surface area contributed by atoms with Gasteiger partial charge in [0.25, 0.3) is 0 Å². The maximum Gasteiger partial charge on any atom is 0.416 e. The van der Waals surface area contributed by atoms with Gasteiger partial charge >= 0.3 is 6.18 Å². The van der Waals surface area contributed by atoms with Gasteiger partial charge in [0.15, 0.2) is 0 Å². The third-order valence-corrected chi connectivity index (χ3v) is 2.54. The number of anilines is 1. The zero-order valence-electron chi connectivity index (χ0n) is 10.6. The Labute approximate surface area is 105 Å². The highest BCUT2D eigenvalue weighted by molar-refractivity contribution is 5.45. The van der Waals surface area contributed by atoms with Gasteiger partial charge in [0.2, 0.25) is 0 Å². The molecule has 0 aromatic heterocycles. The van der Waals surface area contributed by atoms with Crippen molar-refractivity contribution >= 4 is 5.69 Å². The van der Waals surface area contributed by atoms with Crippen LogP contribution in [0, 0.1) is 0 Å². The molecule has 1 aromatic rings. The number of halogens is 3. The lowest BCUT2D eigenvalue weighted by atomic mass is 10.0. The molecule has 0 saturated heterocycles. The molecular weight excluding hydrogens is 241 g/mol. The Bertz CT molecular complexity index is 363. The van der Waals surface area contributed by atoms with E-state index < -0.39 is 11.7 Å². The minimum Gasteiger partial charge on any atom is -0.385 e. The van der Waals surface area contributed by atoms with Crippen LogP contribution in [0.1, 0.15) is 32.3 Å². The second kappa shape index (κ2) is 5.61. The summed E-state index contributed by atoms with van der Waals surface area (Å²) in [5, 5.41) is 3.07. The summed E-state index contributed by atoms with van der Waals surface area (Å²) in [6, 6.07) is 5.04. The first-order valence-corrected chi connectivity index (χ1v) is 5.88. The summed E-state index contributed by atoms with van der Waals surface area (Å²) in [4.78, 5) is 0. The van der Waals surface area contributed by atoms with E-state index in [0.717, 1.165) is 25.0 Å². The zero-order chi connectivity index (χ0) is 13.8. The monoisotopic (exact) mass is 260 g/mol. The van der Waals surface area contributed by atoms with Crippen LogP contribution in [-0.4, -0.2) is 12.1 Å². The van der Waals surface area contributed by atoms with Gasteiger partial charge in [-0.2, -0.15) is 13.2 Å². The Hall–Kier alpha value is -1.23. The summed E-state index contributed by atoms with van der Waals surface area (Å²) in [5.74, 6) is 0. The fourth-order valence-electron chi connectivity index (χ4n) is 1.55. The molecule has 0 fully saturated rings. The molecule has 0 bridgehead atoms.